The van der Waals surface area contributed by atoms with Crippen molar-refractivity contribution in [3.63, 3.8) is 0 Å². The van der Waals surface area contributed by atoms with Gasteiger partial charge in [0.05, 0.1) is 6.20 Å². The van der Waals surface area contributed by atoms with Crippen LogP contribution in [0, 0.1) is 5.82 Å². The maximum absolute atomic E-state index is 13.3. The summed E-state index contributed by atoms with van der Waals surface area (Å²) in [5.74, 6) is -1.18. The minimum atomic E-state index is -0.828. The summed E-state index contributed by atoms with van der Waals surface area (Å²) in [5.41, 5.74) is -0.105. The van der Waals surface area contributed by atoms with Crippen molar-refractivity contribution in [1.29, 1.82) is 0 Å². The molecule has 1 saturated heterocycles. The lowest BCUT2D eigenvalue weighted by Gasteiger charge is -2.38. The van der Waals surface area contributed by atoms with Gasteiger partial charge in [-0.15, -0.1) is 0 Å². The van der Waals surface area contributed by atoms with Crippen LogP contribution >= 0.6 is 0 Å². The molecule has 19 heavy (non-hydrogen) atoms. The number of aliphatic carboxylic acids is 1. The lowest BCUT2D eigenvalue weighted by molar-refractivity contribution is -0.151. The van der Waals surface area contributed by atoms with E-state index >= 15 is 0 Å². The van der Waals surface area contributed by atoms with Crippen molar-refractivity contribution in [2.75, 3.05) is 6.54 Å². The third-order valence-electron chi connectivity index (χ3n) is 4.20. The molecule has 0 spiro atoms. The number of carbonyl (C=O) groups is 1. The smallest absolute Gasteiger partial charge is 0.324 e. The maximum atomic E-state index is 13.3. The van der Waals surface area contributed by atoms with E-state index in [1.165, 1.54) is 6.07 Å². The number of likely N-dealkylation sites (tertiary alicyclic amines) is 1. The van der Waals surface area contributed by atoms with Gasteiger partial charge in [-0.2, -0.15) is 0 Å². The Kier molecular flexibility index (Phi) is 3.85. The zero-order valence-electron chi connectivity index (χ0n) is 11.3. The molecule has 2 heterocycles. The Morgan fingerprint density at radius 3 is 2.95 bits per heavy atom. The van der Waals surface area contributed by atoms with Crippen LogP contribution in [0.2, 0.25) is 0 Å². The number of halogens is 1. The van der Waals surface area contributed by atoms with Gasteiger partial charge in [-0.1, -0.05) is 6.92 Å². The van der Waals surface area contributed by atoms with Crippen molar-refractivity contribution in [3.8, 4) is 0 Å². The second-order valence-corrected chi connectivity index (χ2v) is 5.10. The van der Waals surface area contributed by atoms with Crippen molar-refractivity contribution in [2.45, 2.75) is 44.7 Å². The van der Waals surface area contributed by atoms with Crippen LogP contribution in [0.5, 0.6) is 0 Å². The number of carboxylic acid groups (broad SMARTS) is 1. The molecule has 1 aromatic rings. The van der Waals surface area contributed by atoms with Gasteiger partial charge in [-0.3, -0.25) is 14.7 Å². The fourth-order valence-electron chi connectivity index (χ4n) is 3.06. The lowest BCUT2D eigenvalue weighted by atomic mass is 9.91. The second-order valence-electron chi connectivity index (χ2n) is 5.10. The van der Waals surface area contributed by atoms with Crippen molar-refractivity contribution in [3.05, 3.63) is 29.8 Å². The molecule has 2 unspecified atom stereocenters. The summed E-state index contributed by atoms with van der Waals surface area (Å²) in [7, 11) is 0. The average molecular weight is 266 g/mol. The Morgan fingerprint density at radius 2 is 2.37 bits per heavy atom. The van der Waals surface area contributed by atoms with Gasteiger partial charge >= 0.3 is 5.97 Å². The van der Waals surface area contributed by atoms with Crippen LogP contribution in [-0.2, 0) is 4.79 Å². The van der Waals surface area contributed by atoms with E-state index in [2.05, 4.69) is 4.98 Å². The van der Waals surface area contributed by atoms with Gasteiger partial charge in [0, 0.05) is 12.2 Å². The Labute approximate surface area is 112 Å². The first kappa shape index (κ1) is 13.9. The van der Waals surface area contributed by atoms with Crippen LogP contribution < -0.4 is 0 Å². The molecule has 0 aliphatic carbocycles. The second kappa shape index (κ2) is 5.25. The third kappa shape index (κ3) is 2.34. The largest absolute Gasteiger partial charge is 0.480 e. The molecular formula is C14H19FN2O2. The first-order chi connectivity index (χ1) is 9.01. The summed E-state index contributed by atoms with van der Waals surface area (Å²) in [5, 5.41) is 9.55. The highest BCUT2D eigenvalue weighted by Gasteiger charge is 2.48. The Balaban J connectivity index is 2.32. The third-order valence-corrected chi connectivity index (χ3v) is 4.20. The maximum Gasteiger partial charge on any atom is 0.324 e. The van der Waals surface area contributed by atoms with Crippen LogP contribution in [0.15, 0.2) is 18.5 Å². The summed E-state index contributed by atoms with van der Waals surface area (Å²) in [4.78, 5) is 17.4. The van der Waals surface area contributed by atoms with Gasteiger partial charge in [0.25, 0.3) is 0 Å². The summed E-state index contributed by atoms with van der Waals surface area (Å²) < 4.78 is 13.3. The highest BCUT2D eigenvalue weighted by Crippen LogP contribution is 2.39. The number of pyridine rings is 1. The monoisotopic (exact) mass is 266 g/mol. The van der Waals surface area contributed by atoms with E-state index < -0.39 is 11.5 Å². The quantitative estimate of drug-likeness (QED) is 0.910. The number of nitrogens with zero attached hydrogens (tertiary/aromatic N) is 2. The van der Waals surface area contributed by atoms with Crippen molar-refractivity contribution < 1.29 is 14.3 Å². The fourth-order valence-corrected chi connectivity index (χ4v) is 3.06. The van der Waals surface area contributed by atoms with Gasteiger partial charge < -0.3 is 5.11 Å². The van der Waals surface area contributed by atoms with E-state index in [9.17, 15) is 14.3 Å². The van der Waals surface area contributed by atoms with E-state index in [0.29, 0.717) is 12.8 Å². The SMILES string of the molecule is CCC1(C(=O)O)CCCN1C(C)c1cncc(F)c1. The molecule has 5 heteroatoms. The van der Waals surface area contributed by atoms with Crippen LogP contribution in [-0.4, -0.2) is 33.0 Å². The molecule has 0 saturated carbocycles. The normalized spacial score (nSPS) is 25.4. The minimum Gasteiger partial charge on any atom is -0.480 e. The first-order valence-corrected chi connectivity index (χ1v) is 6.62. The van der Waals surface area contributed by atoms with Gasteiger partial charge in [0.2, 0.25) is 0 Å². The topological polar surface area (TPSA) is 53.4 Å². The molecule has 2 rings (SSSR count). The van der Waals surface area contributed by atoms with Crippen molar-refractivity contribution in [1.82, 2.24) is 9.88 Å². The summed E-state index contributed by atoms with van der Waals surface area (Å²) in [6, 6.07) is 1.28. The Bertz CT molecular complexity index is 480. The molecule has 104 valence electrons. The fraction of sp³-hybridized carbons (Fsp3) is 0.571. The van der Waals surface area contributed by atoms with Crippen LogP contribution in [0.1, 0.15) is 44.7 Å². The number of aromatic nitrogens is 1. The molecule has 1 aliphatic rings. The Morgan fingerprint density at radius 1 is 1.63 bits per heavy atom. The van der Waals surface area contributed by atoms with E-state index in [1.807, 2.05) is 18.7 Å². The average Bonchev–Trinajstić information content (AvgIpc) is 2.82. The predicted molar refractivity (Wildman–Crippen MR) is 69.2 cm³/mol. The van der Waals surface area contributed by atoms with E-state index in [0.717, 1.165) is 24.7 Å². The van der Waals surface area contributed by atoms with E-state index in [4.69, 9.17) is 0 Å². The summed E-state index contributed by atoms with van der Waals surface area (Å²) in [6.45, 7) is 4.52. The molecule has 1 N–H and O–H groups in total. The molecule has 1 fully saturated rings. The zero-order chi connectivity index (χ0) is 14.0. The number of hydrogen-bond donors (Lipinski definition) is 1. The highest BCUT2D eigenvalue weighted by atomic mass is 19.1. The molecular weight excluding hydrogens is 247 g/mol. The van der Waals surface area contributed by atoms with Crippen LogP contribution in [0.3, 0.4) is 0 Å². The lowest BCUT2D eigenvalue weighted by Crippen LogP contribution is -2.50. The number of rotatable bonds is 4. The molecule has 1 aliphatic heterocycles. The van der Waals surface area contributed by atoms with Crippen molar-refractivity contribution >= 4 is 5.97 Å². The summed E-state index contributed by atoms with van der Waals surface area (Å²) >= 11 is 0. The molecule has 1 aromatic heterocycles. The zero-order valence-corrected chi connectivity index (χ0v) is 11.3. The minimum absolute atomic E-state index is 0.151. The van der Waals surface area contributed by atoms with Crippen LogP contribution in [0.4, 0.5) is 4.39 Å². The van der Waals surface area contributed by atoms with E-state index in [1.54, 1.807) is 6.20 Å². The van der Waals surface area contributed by atoms with Gasteiger partial charge in [-0.05, 0) is 44.4 Å². The van der Waals surface area contributed by atoms with Crippen LogP contribution in [0.25, 0.3) is 0 Å². The predicted octanol–water partition coefficient (Wildman–Crippen LogP) is 2.61. The van der Waals surface area contributed by atoms with Gasteiger partial charge in [-0.25, -0.2) is 4.39 Å². The van der Waals surface area contributed by atoms with Gasteiger partial charge in [0.15, 0.2) is 0 Å². The highest BCUT2D eigenvalue weighted by molar-refractivity contribution is 5.79. The molecule has 2 atom stereocenters. The molecule has 0 amide bonds. The summed E-state index contributed by atoms with van der Waals surface area (Å²) in [6.07, 6.45) is 4.81. The first-order valence-electron chi connectivity index (χ1n) is 6.62. The van der Waals surface area contributed by atoms with Crippen molar-refractivity contribution in [2.24, 2.45) is 0 Å². The molecule has 0 aromatic carbocycles. The molecule has 0 radical (unpaired) electrons. The standard InChI is InChI=1S/C14H19FN2O2/c1-3-14(13(18)19)5-4-6-17(14)10(2)11-7-12(15)9-16-8-11/h7-10H,3-6H2,1-2H3,(H,18,19). The Hall–Kier alpha value is -1.49. The molecule has 0 bridgehead atoms. The van der Waals surface area contributed by atoms with E-state index in [-0.39, 0.29) is 11.9 Å². The van der Waals surface area contributed by atoms with Gasteiger partial charge in [0.1, 0.15) is 11.4 Å². The number of hydrogen-bond acceptors (Lipinski definition) is 3. The number of carboxylic acids is 1. The molecule has 4 nitrogen and oxygen atoms in total.